The van der Waals surface area contributed by atoms with Crippen LogP contribution < -0.4 is 4.74 Å². The first-order valence-electron chi connectivity index (χ1n) is 4.51. The Morgan fingerprint density at radius 3 is 3.14 bits per heavy atom. The summed E-state index contributed by atoms with van der Waals surface area (Å²) in [7, 11) is 2.08. The van der Waals surface area contributed by atoms with Gasteiger partial charge in [0.25, 0.3) is 0 Å². The lowest BCUT2D eigenvalue weighted by Gasteiger charge is -2.10. The molecule has 2 rings (SSSR count). The van der Waals surface area contributed by atoms with E-state index in [1.54, 1.807) is 11.8 Å². The van der Waals surface area contributed by atoms with Crippen molar-refractivity contribution in [1.82, 2.24) is 15.1 Å². The molecule has 0 fully saturated rings. The molecule has 2 heterocycles. The molecule has 0 aromatic carbocycles. The highest BCUT2D eigenvalue weighted by Gasteiger charge is 2.14. The monoisotopic (exact) mass is 211 g/mol. The molecular formula is C9H13N3OS. The van der Waals surface area contributed by atoms with Gasteiger partial charge in [0, 0.05) is 18.7 Å². The van der Waals surface area contributed by atoms with Crippen LogP contribution in [0, 0.1) is 0 Å². The average molecular weight is 211 g/mol. The van der Waals surface area contributed by atoms with Crippen molar-refractivity contribution in [2.75, 3.05) is 26.5 Å². The molecule has 0 N–H and O–H groups in total. The van der Waals surface area contributed by atoms with Gasteiger partial charge in [-0.2, -0.15) is 0 Å². The largest absolute Gasteiger partial charge is 0.475 e. The molecule has 0 amide bonds. The number of hydrogen-bond donors (Lipinski definition) is 0. The summed E-state index contributed by atoms with van der Waals surface area (Å²) in [4.78, 5) is 2.22. The molecule has 1 aliphatic rings. The Kier molecular flexibility index (Phi) is 2.88. The molecule has 76 valence electrons. The number of rotatable bonds is 1. The van der Waals surface area contributed by atoms with E-state index in [4.69, 9.17) is 4.74 Å². The van der Waals surface area contributed by atoms with Gasteiger partial charge in [0.05, 0.1) is 0 Å². The van der Waals surface area contributed by atoms with Crippen molar-refractivity contribution < 1.29 is 4.74 Å². The van der Waals surface area contributed by atoms with Crippen molar-refractivity contribution in [3.63, 3.8) is 0 Å². The van der Waals surface area contributed by atoms with Crippen LogP contribution in [0.5, 0.6) is 5.88 Å². The van der Waals surface area contributed by atoms with E-state index in [2.05, 4.69) is 28.2 Å². The summed E-state index contributed by atoms with van der Waals surface area (Å²) in [6, 6.07) is 2.05. The van der Waals surface area contributed by atoms with Crippen LogP contribution in [0.3, 0.4) is 0 Å². The highest BCUT2D eigenvalue weighted by molar-refractivity contribution is 7.98. The highest BCUT2D eigenvalue weighted by atomic mass is 32.2. The molecule has 1 aliphatic heterocycles. The molecule has 0 unspecified atom stereocenters. The summed E-state index contributed by atoms with van der Waals surface area (Å²) >= 11 is 1.60. The summed E-state index contributed by atoms with van der Waals surface area (Å²) in [5.74, 6) is 0.687. The molecule has 4 nitrogen and oxygen atoms in total. The van der Waals surface area contributed by atoms with E-state index in [9.17, 15) is 0 Å². The minimum absolute atomic E-state index is 0.687. The van der Waals surface area contributed by atoms with Crippen LogP contribution in [0.15, 0.2) is 11.1 Å². The molecule has 0 saturated carbocycles. The number of nitrogens with zero attached hydrogens (tertiary/aromatic N) is 3. The van der Waals surface area contributed by atoms with Crippen LogP contribution in [0.25, 0.3) is 0 Å². The summed E-state index contributed by atoms with van der Waals surface area (Å²) in [6.07, 6.45) is 2.00. The third kappa shape index (κ3) is 1.99. The summed E-state index contributed by atoms with van der Waals surface area (Å²) in [6.45, 7) is 2.51. The molecule has 0 spiro atoms. The fourth-order valence-electron chi connectivity index (χ4n) is 1.40. The van der Waals surface area contributed by atoms with Gasteiger partial charge in [0.2, 0.25) is 5.88 Å². The van der Waals surface area contributed by atoms with Crippen LogP contribution in [0.1, 0.15) is 5.56 Å². The number of fused-ring (bicyclic) bond motifs is 1. The lowest BCUT2D eigenvalue weighted by Crippen LogP contribution is -2.20. The zero-order valence-corrected chi connectivity index (χ0v) is 9.17. The van der Waals surface area contributed by atoms with Gasteiger partial charge in [-0.25, -0.2) is 0 Å². The second-order valence-electron chi connectivity index (χ2n) is 3.30. The van der Waals surface area contributed by atoms with E-state index in [0.717, 1.165) is 23.7 Å². The maximum Gasteiger partial charge on any atom is 0.238 e. The average Bonchev–Trinajstić information content (AvgIpc) is 2.37. The third-order valence-electron chi connectivity index (χ3n) is 2.17. The first-order valence-corrected chi connectivity index (χ1v) is 5.74. The number of aromatic nitrogens is 2. The molecule has 14 heavy (non-hydrogen) atoms. The van der Waals surface area contributed by atoms with E-state index >= 15 is 0 Å². The molecule has 0 radical (unpaired) electrons. The van der Waals surface area contributed by atoms with Gasteiger partial charge in [-0.1, -0.05) is 0 Å². The van der Waals surface area contributed by atoms with E-state index in [0.29, 0.717) is 12.5 Å². The van der Waals surface area contributed by atoms with E-state index < -0.39 is 0 Å². The Labute approximate surface area is 87.7 Å². The van der Waals surface area contributed by atoms with Gasteiger partial charge in [-0.05, 0) is 19.4 Å². The Bertz CT molecular complexity index is 332. The fourth-order valence-corrected chi connectivity index (χ4v) is 1.78. The first-order chi connectivity index (χ1) is 6.79. The predicted molar refractivity (Wildman–Crippen MR) is 55.6 cm³/mol. The van der Waals surface area contributed by atoms with Crippen molar-refractivity contribution in [1.29, 1.82) is 0 Å². The third-order valence-corrected chi connectivity index (χ3v) is 2.79. The Morgan fingerprint density at radius 2 is 2.36 bits per heavy atom. The van der Waals surface area contributed by atoms with Crippen LogP contribution in [-0.2, 0) is 6.54 Å². The standard InChI is InChI=1S/C9H13N3OS/c1-12-3-4-13-9-7(6-12)5-8(14-2)10-11-9/h5H,3-4,6H2,1-2H3. The van der Waals surface area contributed by atoms with Crippen LogP contribution in [0.2, 0.25) is 0 Å². The second-order valence-corrected chi connectivity index (χ2v) is 4.13. The molecule has 5 heteroatoms. The van der Waals surface area contributed by atoms with E-state index in [-0.39, 0.29) is 0 Å². The van der Waals surface area contributed by atoms with Crippen molar-refractivity contribution in [3.05, 3.63) is 11.6 Å². The minimum Gasteiger partial charge on any atom is -0.475 e. The maximum absolute atomic E-state index is 5.49. The number of likely N-dealkylation sites (N-methyl/N-ethyl adjacent to an activating group) is 1. The van der Waals surface area contributed by atoms with Crippen LogP contribution >= 0.6 is 11.8 Å². The zero-order chi connectivity index (χ0) is 9.97. The number of thioether (sulfide) groups is 1. The molecule has 1 aromatic heterocycles. The lowest BCUT2D eigenvalue weighted by molar-refractivity contribution is 0.253. The molecule has 0 atom stereocenters. The van der Waals surface area contributed by atoms with Gasteiger partial charge in [0.1, 0.15) is 11.6 Å². The molecule has 0 bridgehead atoms. The van der Waals surface area contributed by atoms with Crippen LogP contribution in [-0.4, -0.2) is 41.6 Å². The van der Waals surface area contributed by atoms with Crippen molar-refractivity contribution in [2.24, 2.45) is 0 Å². The Balaban J connectivity index is 2.32. The minimum atomic E-state index is 0.687. The maximum atomic E-state index is 5.49. The predicted octanol–water partition coefficient (Wildman–Crippen LogP) is 1.02. The van der Waals surface area contributed by atoms with Crippen LogP contribution in [0.4, 0.5) is 0 Å². The first kappa shape index (κ1) is 9.73. The van der Waals surface area contributed by atoms with Crippen molar-refractivity contribution in [3.8, 4) is 5.88 Å². The summed E-state index contributed by atoms with van der Waals surface area (Å²) in [5.41, 5.74) is 1.13. The molecule has 0 saturated heterocycles. The topological polar surface area (TPSA) is 38.3 Å². The Morgan fingerprint density at radius 1 is 1.50 bits per heavy atom. The Hall–Kier alpha value is -0.810. The van der Waals surface area contributed by atoms with Gasteiger partial charge in [-0.3, -0.25) is 4.90 Å². The fraction of sp³-hybridized carbons (Fsp3) is 0.556. The lowest BCUT2D eigenvalue weighted by atomic mass is 10.3. The molecule has 1 aromatic rings. The van der Waals surface area contributed by atoms with Gasteiger partial charge in [-0.15, -0.1) is 22.0 Å². The quantitative estimate of drug-likeness (QED) is 0.648. The highest BCUT2D eigenvalue weighted by Crippen LogP contribution is 2.22. The summed E-state index contributed by atoms with van der Waals surface area (Å²) < 4.78 is 5.49. The SMILES string of the molecule is CSc1cc2c(nn1)OCCN(C)C2. The van der Waals surface area contributed by atoms with Crippen molar-refractivity contribution in [2.45, 2.75) is 11.6 Å². The zero-order valence-electron chi connectivity index (χ0n) is 8.36. The second kappa shape index (κ2) is 4.14. The van der Waals surface area contributed by atoms with Gasteiger partial charge in [0.15, 0.2) is 0 Å². The number of ether oxygens (including phenoxy) is 1. The smallest absolute Gasteiger partial charge is 0.238 e. The van der Waals surface area contributed by atoms with E-state index in [1.807, 2.05) is 6.26 Å². The van der Waals surface area contributed by atoms with E-state index in [1.165, 1.54) is 0 Å². The van der Waals surface area contributed by atoms with Gasteiger partial charge >= 0.3 is 0 Å². The number of hydrogen-bond acceptors (Lipinski definition) is 5. The normalized spacial score (nSPS) is 17.0. The summed E-state index contributed by atoms with van der Waals surface area (Å²) in [5, 5.41) is 9.06. The molecule has 0 aliphatic carbocycles. The van der Waals surface area contributed by atoms with Gasteiger partial charge < -0.3 is 4.74 Å². The molecular weight excluding hydrogens is 198 g/mol. The van der Waals surface area contributed by atoms with Crippen molar-refractivity contribution >= 4 is 11.8 Å².